The van der Waals surface area contributed by atoms with Gasteiger partial charge in [0.05, 0.1) is 20.6 Å². The molecule has 0 radical (unpaired) electrons. The van der Waals surface area contributed by atoms with Crippen molar-refractivity contribution >= 4 is 16.9 Å². The van der Waals surface area contributed by atoms with Crippen molar-refractivity contribution in [2.24, 2.45) is 0 Å². The normalized spacial score (nSPS) is 11.8. The Morgan fingerprint density at radius 3 is 2.31 bits per heavy atom. The number of phenolic OH excluding ortho intramolecular Hbond substituents is 4. The first-order chi connectivity index (χ1) is 16.8. The standard InChI is InChI=1S/C26H22O9/c1-33-19-10-14(8-9-16(19)27)15(11-20(29)34-2)21-23(30)25(32)24(31)22-17(28)12-18(35-26(21)22)13-6-4-3-5-7-13/h3-10,12,15,27,30-32H,11H2,1-2H3/t15-/m0/s1. The van der Waals surface area contributed by atoms with Crippen LogP contribution in [0.15, 0.2) is 63.8 Å². The van der Waals surface area contributed by atoms with E-state index in [4.69, 9.17) is 13.9 Å². The Morgan fingerprint density at radius 2 is 1.66 bits per heavy atom. The van der Waals surface area contributed by atoms with E-state index in [0.29, 0.717) is 11.1 Å². The molecular weight excluding hydrogens is 456 g/mol. The Morgan fingerprint density at radius 1 is 0.943 bits per heavy atom. The second kappa shape index (κ2) is 9.30. The number of methoxy groups -OCH3 is 2. The Labute approximate surface area is 199 Å². The molecule has 1 heterocycles. The molecule has 9 nitrogen and oxygen atoms in total. The molecule has 0 bridgehead atoms. The lowest BCUT2D eigenvalue weighted by molar-refractivity contribution is -0.140. The molecule has 0 aliphatic rings. The SMILES string of the molecule is COC(=O)C[C@@H](c1ccc(O)c(OC)c1)c1c(O)c(O)c(O)c2c(=O)cc(-c3ccccc3)oc12. The quantitative estimate of drug-likeness (QED) is 0.239. The summed E-state index contributed by atoms with van der Waals surface area (Å²) in [4.78, 5) is 25.4. The van der Waals surface area contributed by atoms with Gasteiger partial charge in [-0.15, -0.1) is 0 Å². The summed E-state index contributed by atoms with van der Waals surface area (Å²) >= 11 is 0. The number of esters is 1. The first-order valence-electron chi connectivity index (χ1n) is 10.5. The van der Waals surface area contributed by atoms with Gasteiger partial charge in [0.25, 0.3) is 0 Å². The molecule has 3 aromatic carbocycles. The topological polar surface area (TPSA) is 147 Å². The average molecular weight is 478 g/mol. The van der Waals surface area contributed by atoms with Crippen molar-refractivity contribution in [1.29, 1.82) is 0 Å². The lowest BCUT2D eigenvalue weighted by Gasteiger charge is -2.21. The van der Waals surface area contributed by atoms with Gasteiger partial charge in [0.15, 0.2) is 28.4 Å². The maximum absolute atomic E-state index is 13.0. The van der Waals surface area contributed by atoms with Gasteiger partial charge in [0.1, 0.15) is 16.7 Å². The number of hydrogen-bond donors (Lipinski definition) is 4. The molecule has 0 unspecified atom stereocenters. The van der Waals surface area contributed by atoms with Gasteiger partial charge in [0, 0.05) is 23.1 Å². The van der Waals surface area contributed by atoms with E-state index in [9.17, 15) is 30.0 Å². The van der Waals surface area contributed by atoms with Crippen molar-refractivity contribution in [3.63, 3.8) is 0 Å². The highest BCUT2D eigenvalue weighted by atomic mass is 16.5. The zero-order valence-corrected chi connectivity index (χ0v) is 18.8. The van der Waals surface area contributed by atoms with Crippen LogP contribution in [0.3, 0.4) is 0 Å². The molecule has 0 amide bonds. The number of rotatable bonds is 6. The van der Waals surface area contributed by atoms with E-state index in [1.54, 1.807) is 30.3 Å². The molecule has 1 atom stereocenters. The van der Waals surface area contributed by atoms with Gasteiger partial charge in [-0.2, -0.15) is 0 Å². The minimum absolute atomic E-state index is 0.0931. The molecule has 35 heavy (non-hydrogen) atoms. The molecule has 9 heteroatoms. The number of fused-ring (bicyclic) bond motifs is 1. The van der Waals surface area contributed by atoms with Crippen LogP contribution < -0.4 is 10.2 Å². The van der Waals surface area contributed by atoms with Crippen LogP contribution in [0.25, 0.3) is 22.3 Å². The van der Waals surface area contributed by atoms with Crippen molar-refractivity contribution in [1.82, 2.24) is 0 Å². The van der Waals surface area contributed by atoms with E-state index >= 15 is 0 Å². The number of benzene rings is 3. The fourth-order valence-corrected chi connectivity index (χ4v) is 3.99. The summed E-state index contributed by atoms with van der Waals surface area (Å²) in [5, 5.41) is 41.5. The molecule has 0 aliphatic heterocycles. The molecule has 1 aromatic heterocycles. The van der Waals surface area contributed by atoms with Gasteiger partial charge in [-0.05, 0) is 17.7 Å². The second-order valence-electron chi connectivity index (χ2n) is 7.77. The van der Waals surface area contributed by atoms with Crippen molar-refractivity contribution in [3.05, 3.63) is 75.9 Å². The van der Waals surface area contributed by atoms with E-state index < -0.39 is 34.6 Å². The number of carbonyl (C=O) groups is 1. The number of ether oxygens (including phenoxy) is 2. The molecule has 0 spiro atoms. The van der Waals surface area contributed by atoms with Crippen molar-refractivity contribution in [3.8, 4) is 40.1 Å². The molecule has 0 saturated heterocycles. The first kappa shape index (κ1) is 23.5. The second-order valence-corrected chi connectivity index (χ2v) is 7.77. The van der Waals surface area contributed by atoms with Gasteiger partial charge < -0.3 is 34.3 Å². The molecule has 4 N–H and O–H groups in total. The van der Waals surface area contributed by atoms with Gasteiger partial charge in [-0.1, -0.05) is 36.4 Å². The summed E-state index contributed by atoms with van der Waals surface area (Å²) in [6.07, 6.45) is -0.337. The summed E-state index contributed by atoms with van der Waals surface area (Å²) in [6, 6.07) is 14.1. The third-order valence-corrected chi connectivity index (χ3v) is 5.74. The molecule has 4 aromatic rings. The lowest BCUT2D eigenvalue weighted by atomic mass is 9.86. The van der Waals surface area contributed by atoms with Crippen molar-refractivity contribution < 1.29 is 39.1 Å². The maximum Gasteiger partial charge on any atom is 0.306 e. The van der Waals surface area contributed by atoms with E-state index in [1.807, 2.05) is 0 Å². The highest BCUT2D eigenvalue weighted by molar-refractivity contribution is 5.93. The molecule has 180 valence electrons. The van der Waals surface area contributed by atoms with Crippen LogP contribution in [0, 0.1) is 0 Å². The number of carbonyl (C=O) groups excluding carboxylic acids is 1. The monoisotopic (exact) mass is 478 g/mol. The van der Waals surface area contributed by atoms with E-state index in [1.165, 1.54) is 32.4 Å². The summed E-state index contributed by atoms with van der Waals surface area (Å²) in [5.74, 6) is -4.17. The largest absolute Gasteiger partial charge is 0.504 e. The van der Waals surface area contributed by atoms with Gasteiger partial charge in [-0.25, -0.2) is 0 Å². The summed E-state index contributed by atoms with van der Waals surface area (Å²) < 4.78 is 16.0. The van der Waals surface area contributed by atoms with Gasteiger partial charge >= 0.3 is 5.97 Å². The molecule has 4 rings (SSSR count). The molecular formula is C26H22O9. The van der Waals surface area contributed by atoms with Crippen molar-refractivity contribution in [2.45, 2.75) is 12.3 Å². The maximum atomic E-state index is 13.0. The lowest BCUT2D eigenvalue weighted by Crippen LogP contribution is -2.12. The predicted octanol–water partition coefficient (Wildman–Crippen LogP) is 3.99. The zero-order chi connectivity index (χ0) is 25.3. The fraction of sp³-hybridized carbons (Fsp3) is 0.154. The summed E-state index contributed by atoms with van der Waals surface area (Å²) in [6.45, 7) is 0. The minimum atomic E-state index is -1.03. The third kappa shape index (κ3) is 4.19. The molecule has 0 aliphatic carbocycles. The number of phenols is 4. The Balaban J connectivity index is 2.09. The van der Waals surface area contributed by atoms with E-state index in [2.05, 4.69) is 0 Å². The van der Waals surface area contributed by atoms with Gasteiger partial charge in [0.2, 0.25) is 5.75 Å². The van der Waals surface area contributed by atoms with Crippen LogP contribution in [0.4, 0.5) is 0 Å². The zero-order valence-electron chi connectivity index (χ0n) is 18.8. The first-order valence-corrected chi connectivity index (χ1v) is 10.5. The van der Waals surface area contributed by atoms with Crippen LogP contribution in [-0.4, -0.2) is 40.6 Å². The van der Waals surface area contributed by atoms with Crippen LogP contribution in [0.5, 0.6) is 28.7 Å². The summed E-state index contributed by atoms with van der Waals surface area (Å²) in [5.41, 5.74) is -0.0764. The minimum Gasteiger partial charge on any atom is -0.504 e. The number of aromatic hydroxyl groups is 4. The van der Waals surface area contributed by atoms with Crippen LogP contribution >= 0.6 is 0 Å². The van der Waals surface area contributed by atoms with Gasteiger partial charge in [-0.3, -0.25) is 9.59 Å². The summed E-state index contributed by atoms with van der Waals surface area (Å²) in [7, 11) is 2.54. The average Bonchev–Trinajstić information content (AvgIpc) is 2.87. The molecule has 0 saturated carbocycles. The smallest absolute Gasteiger partial charge is 0.306 e. The highest BCUT2D eigenvalue weighted by Crippen LogP contribution is 2.50. The highest BCUT2D eigenvalue weighted by Gasteiger charge is 2.31. The fourth-order valence-electron chi connectivity index (χ4n) is 3.99. The Hall–Kier alpha value is -4.66. The van der Waals surface area contributed by atoms with Crippen molar-refractivity contribution in [2.75, 3.05) is 14.2 Å². The van der Waals surface area contributed by atoms with E-state index in [0.717, 1.165) is 6.07 Å². The predicted molar refractivity (Wildman–Crippen MR) is 126 cm³/mol. The van der Waals surface area contributed by atoms with Crippen LogP contribution in [0.2, 0.25) is 0 Å². The molecule has 0 fully saturated rings. The van der Waals surface area contributed by atoms with Crippen LogP contribution in [0.1, 0.15) is 23.5 Å². The Kier molecular flexibility index (Phi) is 6.24. The van der Waals surface area contributed by atoms with E-state index in [-0.39, 0.29) is 40.2 Å². The number of hydrogen-bond acceptors (Lipinski definition) is 9. The Bertz CT molecular complexity index is 1470. The van der Waals surface area contributed by atoms with Crippen LogP contribution in [-0.2, 0) is 9.53 Å². The third-order valence-electron chi connectivity index (χ3n) is 5.74.